The highest BCUT2D eigenvalue weighted by atomic mass is 16.5. The Kier molecular flexibility index (Phi) is 6.86. The molecule has 0 aliphatic carbocycles. The molecule has 3 heteroatoms. The van der Waals surface area contributed by atoms with E-state index in [1.54, 1.807) is 6.08 Å². The third-order valence-electron chi connectivity index (χ3n) is 1.22. The van der Waals surface area contributed by atoms with Crippen LogP contribution in [0.4, 0.5) is 4.79 Å². The van der Waals surface area contributed by atoms with Crippen molar-refractivity contribution in [3.63, 3.8) is 0 Å². The number of hydrogen-bond donors (Lipinski definition) is 1. The number of allylic oxidation sites excluding steroid dienone is 1. The van der Waals surface area contributed by atoms with E-state index in [1.165, 1.54) is 0 Å². The van der Waals surface area contributed by atoms with Crippen molar-refractivity contribution in [1.82, 2.24) is 0 Å². The summed E-state index contributed by atoms with van der Waals surface area (Å²) in [4.78, 5) is 10.2. The molecule has 0 saturated heterocycles. The fourth-order valence-corrected chi connectivity index (χ4v) is 0.729. The zero-order chi connectivity index (χ0) is 10.8. The zero-order valence-electron chi connectivity index (χ0n) is 8.27. The molecule has 0 saturated carbocycles. The van der Waals surface area contributed by atoms with Gasteiger partial charge in [-0.05, 0) is 12.5 Å². The monoisotopic (exact) mass is 193 g/mol. The standard InChI is InChI=1S/C8H9NO2.C3H6/c9-8(10)11-6-7-4-2-1-3-5-7;1-3-2/h1-5H,6H2,(H2,9,10);3H,1H2,2H3. The van der Waals surface area contributed by atoms with Gasteiger partial charge in [-0.3, -0.25) is 0 Å². The van der Waals surface area contributed by atoms with Crippen molar-refractivity contribution >= 4 is 6.09 Å². The van der Waals surface area contributed by atoms with Gasteiger partial charge >= 0.3 is 6.09 Å². The van der Waals surface area contributed by atoms with Gasteiger partial charge in [0.05, 0.1) is 0 Å². The molecule has 0 aliphatic heterocycles. The zero-order valence-corrected chi connectivity index (χ0v) is 8.27. The normalized spacial score (nSPS) is 8.07. The van der Waals surface area contributed by atoms with Gasteiger partial charge in [-0.25, -0.2) is 4.79 Å². The number of carbonyl (C=O) groups is 1. The predicted molar refractivity (Wildman–Crippen MR) is 56.7 cm³/mol. The first-order valence-electron chi connectivity index (χ1n) is 4.24. The molecule has 0 fully saturated rings. The van der Waals surface area contributed by atoms with Crippen LogP contribution in [0.2, 0.25) is 0 Å². The molecule has 0 radical (unpaired) electrons. The number of nitrogens with two attached hydrogens (primary N) is 1. The molecule has 1 aromatic rings. The minimum absolute atomic E-state index is 0.246. The lowest BCUT2D eigenvalue weighted by Gasteiger charge is -1.99. The van der Waals surface area contributed by atoms with E-state index in [2.05, 4.69) is 11.3 Å². The lowest BCUT2D eigenvalue weighted by Crippen LogP contribution is -2.12. The lowest BCUT2D eigenvalue weighted by atomic mass is 10.2. The van der Waals surface area contributed by atoms with Crippen LogP contribution in [0.15, 0.2) is 43.0 Å². The highest BCUT2D eigenvalue weighted by Crippen LogP contribution is 1.99. The number of carbonyl (C=O) groups excluding carboxylic acids is 1. The molecular weight excluding hydrogens is 178 g/mol. The summed E-state index contributed by atoms with van der Waals surface area (Å²) in [6.07, 6.45) is 1.01. The maximum Gasteiger partial charge on any atom is 0.404 e. The number of primary amides is 1. The molecule has 0 atom stereocenters. The summed E-state index contributed by atoms with van der Waals surface area (Å²) < 4.78 is 4.57. The van der Waals surface area contributed by atoms with Crippen LogP contribution < -0.4 is 5.73 Å². The molecule has 0 heterocycles. The molecule has 1 rings (SSSR count). The Hall–Kier alpha value is -1.77. The first-order valence-corrected chi connectivity index (χ1v) is 4.24. The Morgan fingerprint density at radius 1 is 1.50 bits per heavy atom. The average molecular weight is 193 g/mol. The van der Waals surface area contributed by atoms with Gasteiger partial charge in [0.1, 0.15) is 6.61 Å². The second-order valence-corrected chi connectivity index (χ2v) is 2.50. The van der Waals surface area contributed by atoms with Crippen LogP contribution in [-0.4, -0.2) is 6.09 Å². The Balaban J connectivity index is 0.000000500. The summed E-state index contributed by atoms with van der Waals surface area (Å²) >= 11 is 0. The van der Waals surface area contributed by atoms with Crippen LogP contribution in [0.25, 0.3) is 0 Å². The van der Waals surface area contributed by atoms with E-state index in [9.17, 15) is 4.79 Å². The Morgan fingerprint density at radius 3 is 2.43 bits per heavy atom. The summed E-state index contributed by atoms with van der Waals surface area (Å²) in [5.41, 5.74) is 5.72. The van der Waals surface area contributed by atoms with Gasteiger partial charge in [-0.1, -0.05) is 36.4 Å². The third kappa shape index (κ3) is 6.91. The summed E-state index contributed by atoms with van der Waals surface area (Å²) in [5.74, 6) is 0. The number of ether oxygens (including phenoxy) is 1. The van der Waals surface area contributed by atoms with E-state index in [1.807, 2.05) is 37.3 Å². The summed E-state index contributed by atoms with van der Waals surface area (Å²) in [6.45, 7) is 5.50. The first-order chi connectivity index (χ1) is 6.70. The van der Waals surface area contributed by atoms with Crippen molar-refractivity contribution in [2.24, 2.45) is 5.73 Å². The number of benzene rings is 1. The van der Waals surface area contributed by atoms with Crippen LogP contribution >= 0.6 is 0 Å². The molecule has 0 aliphatic rings. The maximum absolute atomic E-state index is 10.2. The molecule has 2 N–H and O–H groups in total. The van der Waals surface area contributed by atoms with E-state index in [-0.39, 0.29) is 6.61 Å². The fraction of sp³-hybridized carbons (Fsp3) is 0.182. The predicted octanol–water partition coefficient (Wildman–Crippen LogP) is 2.47. The van der Waals surface area contributed by atoms with E-state index in [0.717, 1.165) is 5.56 Å². The Bertz CT molecular complexity index is 270. The van der Waals surface area contributed by atoms with Crippen molar-refractivity contribution in [1.29, 1.82) is 0 Å². The van der Waals surface area contributed by atoms with Crippen molar-refractivity contribution in [3.8, 4) is 0 Å². The van der Waals surface area contributed by atoms with Crippen LogP contribution in [-0.2, 0) is 11.3 Å². The molecule has 0 bridgehead atoms. The Morgan fingerprint density at radius 2 is 2.00 bits per heavy atom. The number of amides is 1. The lowest BCUT2D eigenvalue weighted by molar-refractivity contribution is 0.150. The second-order valence-electron chi connectivity index (χ2n) is 2.50. The molecular formula is C11H15NO2. The summed E-state index contributed by atoms with van der Waals surface area (Å²) in [5, 5.41) is 0. The molecule has 0 unspecified atom stereocenters. The first kappa shape index (κ1) is 12.2. The minimum atomic E-state index is -0.742. The van der Waals surface area contributed by atoms with Crippen molar-refractivity contribution in [2.45, 2.75) is 13.5 Å². The second kappa shape index (κ2) is 7.86. The van der Waals surface area contributed by atoms with E-state index >= 15 is 0 Å². The summed E-state index contributed by atoms with van der Waals surface area (Å²) in [6, 6.07) is 9.37. The number of rotatable bonds is 2. The van der Waals surface area contributed by atoms with Crippen molar-refractivity contribution in [2.75, 3.05) is 0 Å². The van der Waals surface area contributed by atoms with Gasteiger partial charge in [0.25, 0.3) is 0 Å². The van der Waals surface area contributed by atoms with Crippen molar-refractivity contribution < 1.29 is 9.53 Å². The van der Waals surface area contributed by atoms with Gasteiger partial charge in [-0.2, -0.15) is 0 Å². The summed E-state index contributed by atoms with van der Waals surface area (Å²) in [7, 11) is 0. The van der Waals surface area contributed by atoms with Gasteiger partial charge in [-0.15, -0.1) is 6.58 Å². The third-order valence-corrected chi connectivity index (χ3v) is 1.22. The van der Waals surface area contributed by atoms with Gasteiger partial charge < -0.3 is 10.5 Å². The molecule has 3 nitrogen and oxygen atoms in total. The van der Waals surface area contributed by atoms with E-state index in [0.29, 0.717) is 0 Å². The van der Waals surface area contributed by atoms with Crippen molar-refractivity contribution in [3.05, 3.63) is 48.6 Å². The van der Waals surface area contributed by atoms with Gasteiger partial charge in [0.15, 0.2) is 0 Å². The maximum atomic E-state index is 10.2. The molecule has 1 amide bonds. The quantitative estimate of drug-likeness (QED) is 0.733. The van der Waals surface area contributed by atoms with E-state index < -0.39 is 6.09 Å². The Labute approximate surface area is 84.2 Å². The fourth-order valence-electron chi connectivity index (χ4n) is 0.729. The number of hydrogen-bond acceptors (Lipinski definition) is 2. The van der Waals surface area contributed by atoms with Crippen LogP contribution in [0.5, 0.6) is 0 Å². The highest BCUT2D eigenvalue weighted by Gasteiger charge is 1.93. The van der Waals surface area contributed by atoms with Gasteiger partial charge in [0, 0.05) is 0 Å². The van der Waals surface area contributed by atoms with E-state index in [4.69, 9.17) is 5.73 Å². The minimum Gasteiger partial charge on any atom is -0.445 e. The average Bonchev–Trinajstić information content (AvgIpc) is 2.18. The van der Waals surface area contributed by atoms with Crippen LogP contribution in [0.3, 0.4) is 0 Å². The molecule has 14 heavy (non-hydrogen) atoms. The van der Waals surface area contributed by atoms with Crippen LogP contribution in [0, 0.1) is 0 Å². The SMILES string of the molecule is C=CC.NC(=O)OCc1ccccc1. The largest absolute Gasteiger partial charge is 0.445 e. The molecule has 0 spiro atoms. The molecule has 0 aromatic heterocycles. The highest BCUT2D eigenvalue weighted by molar-refractivity contribution is 5.64. The smallest absolute Gasteiger partial charge is 0.404 e. The van der Waals surface area contributed by atoms with Gasteiger partial charge in [0.2, 0.25) is 0 Å². The molecule has 1 aromatic carbocycles. The molecule has 76 valence electrons. The topological polar surface area (TPSA) is 52.3 Å². The van der Waals surface area contributed by atoms with Crippen LogP contribution in [0.1, 0.15) is 12.5 Å².